The van der Waals surface area contributed by atoms with Crippen LogP contribution in [0.2, 0.25) is 0 Å². The topological polar surface area (TPSA) is 26.0 Å². The Morgan fingerprint density at radius 2 is 1.65 bits per heavy atom. The second kappa shape index (κ2) is 5.49. The van der Waals surface area contributed by atoms with Crippen molar-refractivity contribution in [2.75, 3.05) is 0 Å². The van der Waals surface area contributed by atoms with Gasteiger partial charge in [-0.2, -0.15) is 22.0 Å². The van der Waals surface area contributed by atoms with Crippen molar-refractivity contribution < 1.29 is 22.0 Å². The quantitative estimate of drug-likeness (QED) is 0.807. The Bertz CT molecular complexity index is 382. The van der Waals surface area contributed by atoms with Crippen molar-refractivity contribution in [3.8, 4) is 0 Å². The molecule has 0 amide bonds. The highest BCUT2D eigenvalue weighted by Crippen LogP contribution is 2.43. The molecule has 1 aromatic rings. The average molecular weight is 341 g/mol. The molecule has 0 saturated heterocycles. The van der Waals surface area contributed by atoms with E-state index in [-0.39, 0.29) is 18.0 Å². The summed E-state index contributed by atoms with van der Waals surface area (Å²) in [6, 6.07) is 2.68. The van der Waals surface area contributed by atoms with E-state index >= 15 is 0 Å². The number of hydrogen-bond acceptors (Lipinski definition) is 1. The lowest BCUT2D eigenvalue weighted by molar-refractivity contribution is -0.291. The molecular weight excluding hydrogens is 332 g/mol. The fraction of sp³-hybridized carbons (Fsp3) is 0.333. The molecule has 0 radical (unpaired) electrons. The molecule has 1 nitrogen and oxygen atoms in total. The Morgan fingerprint density at radius 3 is 2.06 bits per heavy atom. The summed E-state index contributed by atoms with van der Waals surface area (Å²) in [6.45, 7) is 0. The van der Waals surface area contributed by atoms with Gasteiger partial charge in [-0.1, -0.05) is 28.1 Å². The fourth-order valence-electron chi connectivity index (χ4n) is 1.09. The Labute approximate surface area is 109 Å². The molecule has 0 aliphatic heterocycles. The minimum Gasteiger partial charge on any atom is -0.319 e. The van der Waals surface area contributed by atoms with Crippen LogP contribution in [0.15, 0.2) is 28.7 Å². The molecule has 1 rings (SSSR count). The normalized spacial score (nSPS) is 14.1. The molecule has 0 unspecified atom stereocenters. The third-order valence-corrected chi connectivity index (χ3v) is 2.47. The van der Waals surface area contributed by atoms with Crippen molar-refractivity contribution in [3.05, 3.63) is 34.3 Å². The number of benzene rings is 1. The number of halogens is 7. The Kier molecular flexibility index (Phi) is 5.37. The summed E-state index contributed by atoms with van der Waals surface area (Å²) in [5.41, 5.74) is 4.66. The van der Waals surface area contributed by atoms with Crippen molar-refractivity contribution in [3.63, 3.8) is 0 Å². The first-order valence-electron chi connectivity index (χ1n) is 4.12. The molecule has 1 atom stereocenters. The largest absolute Gasteiger partial charge is 0.455 e. The van der Waals surface area contributed by atoms with Gasteiger partial charge in [0.2, 0.25) is 0 Å². The molecule has 0 bridgehead atoms. The van der Waals surface area contributed by atoms with Crippen LogP contribution in [0.25, 0.3) is 0 Å². The van der Waals surface area contributed by atoms with Crippen molar-refractivity contribution in [1.29, 1.82) is 0 Å². The number of alkyl halides is 5. The van der Waals surface area contributed by atoms with E-state index in [1.807, 2.05) is 0 Å². The summed E-state index contributed by atoms with van der Waals surface area (Å²) < 4.78 is 62.2. The summed E-state index contributed by atoms with van der Waals surface area (Å²) >= 11 is 2.97. The summed E-state index contributed by atoms with van der Waals surface area (Å²) in [5.74, 6) is -4.95. The number of rotatable bonds is 2. The standard InChI is InChI=1S/C9H7BrF5N.ClH/c10-6-3-1-2-5(4-6)7(16)8(11,12)9(13,14)15;/h1-4,7H,16H2;1H/t7-;/m0./s1. The maximum absolute atomic E-state index is 12.9. The van der Waals surface area contributed by atoms with Gasteiger partial charge in [-0.15, -0.1) is 12.4 Å². The number of nitrogens with two attached hydrogens (primary N) is 1. The first-order chi connectivity index (χ1) is 7.16. The van der Waals surface area contributed by atoms with Crippen molar-refractivity contribution >= 4 is 28.3 Å². The molecule has 0 aliphatic carbocycles. The van der Waals surface area contributed by atoms with E-state index in [2.05, 4.69) is 15.9 Å². The lowest BCUT2D eigenvalue weighted by Crippen LogP contribution is -2.45. The molecule has 17 heavy (non-hydrogen) atoms. The van der Waals surface area contributed by atoms with Crippen LogP contribution >= 0.6 is 28.3 Å². The van der Waals surface area contributed by atoms with Crippen LogP contribution in [-0.4, -0.2) is 12.1 Å². The van der Waals surface area contributed by atoms with Gasteiger partial charge in [-0.25, -0.2) is 0 Å². The Balaban J connectivity index is 0.00000256. The summed E-state index contributed by atoms with van der Waals surface area (Å²) in [7, 11) is 0. The molecule has 1 aromatic carbocycles. The molecule has 0 heterocycles. The predicted octanol–water partition coefficient (Wildman–Crippen LogP) is 4.07. The molecule has 98 valence electrons. The van der Waals surface area contributed by atoms with Crippen LogP contribution in [0.4, 0.5) is 22.0 Å². The van der Waals surface area contributed by atoms with Crippen LogP contribution in [0.3, 0.4) is 0 Å². The van der Waals surface area contributed by atoms with Crippen LogP contribution in [-0.2, 0) is 0 Å². The lowest BCUT2D eigenvalue weighted by atomic mass is 10.0. The third kappa shape index (κ3) is 3.53. The average Bonchev–Trinajstić information content (AvgIpc) is 2.14. The fourth-order valence-corrected chi connectivity index (χ4v) is 1.50. The van der Waals surface area contributed by atoms with Gasteiger partial charge in [0.05, 0.1) is 0 Å². The van der Waals surface area contributed by atoms with Gasteiger partial charge in [-0.3, -0.25) is 0 Å². The Hall–Kier alpha value is -0.400. The van der Waals surface area contributed by atoms with Gasteiger partial charge in [0, 0.05) is 4.47 Å². The van der Waals surface area contributed by atoms with Crippen molar-refractivity contribution in [2.45, 2.75) is 18.1 Å². The molecule has 0 fully saturated rings. The first-order valence-corrected chi connectivity index (χ1v) is 4.91. The van der Waals surface area contributed by atoms with Gasteiger partial charge in [0.1, 0.15) is 6.04 Å². The molecular formula is C9H8BrClF5N. The second-order valence-electron chi connectivity index (χ2n) is 3.15. The SMILES string of the molecule is Cl.N[C@@H](c1cccc(Br)c1)C(F)(F)C(F)(F)F. The highest BCUT2D eigenvalue weighted by Gasteiger charge is 2.61. The Morgan fingerprint density at radius 1 is 1.12 bits per heavy atom. The van der Waals surface area contributed by atoms with Gasteiger partial charge < -0.3 is 5.73 Å². The zero-order valence-corrected chi connectivity index (χ0v) is 10.5. The van der Waals surface area contributed by atoms with E-state index in [0.717, 1.165) is 12.1 Å². The smallest absolute Gasteiger partial charge is 0.319 e. The molecule has 2 N–H and O–H groups in total. The van der Waals surface area contributed by atoms with Crippen LogP contribution < -0.4 is 5.73 Å². The summed E-state index contributed by atoms with van der Waals surface area (Å²) in [5, 5.41) is 0. The first kappa shape index (κ1) is 16.6. The van der Waals surface area contributed by atoms with Gasteiger partial charge in [-0.05, 0) is 17.7 Å². The molecule has 0 saturated carbocycles. The summed E-state index contributed by atoms with van der Waals surface area (Å²) in [4.78, 5) is 0. The van der Waals surface area contributed by atoms with Crippen LogP contribution in [0, 0.1) is 0 Å². The van der Waals surface area contributed by atoms with E-state index in [1.165, 1.54) is 12.1 Å². The van der Waals surface area contributed by atoms with E-state index in [4.69, 9.17) is 5.73 Å². The van der Waals surface area contributed by atoms with E-state index in [0.29, 0.717) is 4.47 Å². The maximum Gasteiger partial charge on any atom is 0.455 e. The molecule has 0 aliphatic rings. The minimum atomic E-state index is -5.66. The van der Waals surface area contributed by atoms with Gasteiger partial charge in [0.15, 0.2) is 0 Å². The molecule has 0 spiro atoms. The van der Waals surface area contributed by atoms with Gasteiger partial charge >= 0.3 is 12.1 Å². The lowest BCUT2D eigenvalue weighted by Gasteiger charge is -2.25. The monoisotopic (exact) mass is 339 g/mol. The predicted molar refractivity (Wildman–Crippen MR) is 59.3 cm³/mol. The van der Waals surface area contributed by atoms with E-state index < -0.39 is 18.1 Å². The van der Waals surface area contributed by atoms with Crippen molar-refractivity contribution in [2.24, 2.45) is 5.73 Å². The zero-order valence-electron chi connectivity index (χ0n) is 8.14. The van der Waals surface area contributed by atoms with Crippen molar-refractivity contribution in [1.82, 2.24) is 0 Å². The minimum absolute atomic E-state index is 0. The highest BCUT2D eigenvalue weighted by atomic mass is 79.9. The summed E-state index contributed by atoms with van der Waals surface area (Å²) in [6.07, 6.45) is -5.66. The van der Waals surface area contributed by atoms with Crippen LogP contribution in [0.1, 0.15) is 11.6 Å². The van der Waals surface area contributed by atoms with Gasteiger partial charge in [0.25, 0.3) is 0 Å². The maximum atomic E-state index is 12.9. The highest BCUT2D eigenvalue weighted by molar-refractivity contribution is 9.10. The molecule has 8 heteroatoms. The zero-order chi connectivity index (χ0) is 12.6. The third-order valence-electron chi connectivity index (χ3n) is 1.98. The van der Waals surface area contributed by atoms with E-state index in [1.54, 1.807) is 0 Å². The second-order valence-corrected chi connectivity index (χ2v) is 4.07. The molecule has 0 aromatic heterocycles. The number of hydrogen-bond donors (Lipinski definition) is 1. The van der Waals surface area contributed by atoms with Crippen LogP contribution in [0.5, 0.6) is 0 Å². The van der Waals surface area contributed by atoms with E-state index in [9.17, 15) is 22.0 Å².